The maximum atomic E-state index is 13.2. The second-order valence-electron chi connectivity index (χ2n) is 5.03. The van der Waals surface area contributed by atoms with Gasteiger partial charge in [0.1, 0.15) is 6.04 Å². The molecule has 1 fully saturated rings. The number of aliphatic hydroxyl groups excluding tert-OH is 1. The molecule has 106 valence electrons. The fraction of sp³-hybridized carbons (Fsp3) is 0.571. The molecule has 1 aliphatic rings. The minimum Gasteiger partial charge on any atom is -0.396 e. The zero-order chi connectivity index (χ0) is 13.9. The van der Waals surface area contributed by atoms with E-state index in [2.05, 4.69) is 5.32 Å². The summed E-state index contributed by atoms with van der Waals surface area (Å²) in [5, 5.41) is 11.9. The molecule has 0 spiro atoms. The molecule has 1 aliphatic carbocycles. The van der Waals surface area contributed by atoms with E-state index in [9.17, 15) is 18.3 Å². The topological polar surface area (TPSA) is 32.3 Å². The van der Waals surface area contributed by atoms with E-state index in [1.807, 2.05) is 0 Å². The standard InChI is InChI=1S/C14H18F3NO/c15-14(16,17)13(10-5-2-1-3-6-10)18-12-8-4-7-11(12)9-19/h1-3,5-6,11-13,18-19H,4,7-9H2. The summed E-state index contributed by atoms with van der Waals surface area (Å²) in [6.45, 7) is -0.0585. The van der Waals surface area contributed by atoms with Crippen molar-refractivity contribution in [2.45, 2.75) is 37.5 Å². The van der Waals surface area contributed by atoms with E-state index in [1.54, 1.807) is 18.2 Å². The Labute approximate surface area is 110 Å². The molecule has 2 N–H and O–H groups in total. The summed E-state index contributed by atoms with van der Waals surface area (Å²) < 4.78 is 39.5. The maximum absolute atomic E-state index is 13.2. The first-order chi connectivity index (χ1) is 9.02. The molecule has 5 heteroatoms. The van der Waals surface area contributed by atoms with Gasteiger partial charge in [0.05, 0.1) is 0 Å². The van der Waals surface area contributed by atoms with Gasteiger partial charge in [0, 0.05) is 12.6 Å². The molecule has 0 aromatic heterocycles. The van der Waals surface area contributed by atoms with Crippen LogP contribution in [0.5, 0.6) is 0 Å². The number of halogens is 3. The second-order valence-corrected chi connectivity index (χ2v) is 5.03. The number of benzene rings is 1. The maximum Gasteiger partial charge on any atom is 0.407 e. The van der Waals surface area contributed by atoms with Gasteiger partial charge in [0.25, 0.3) is 0 Å². The van der Waals surface area contributed by atoms with Crippen LogP contribution in [0.25, 0.3) is 0 Å². The van der Waals surface area contributed by atoms with Crippen LogP contribution in [-0.2, 0) is 0 Å². The summed E-state index contributed by atoms with van der Waals surface area (Å²) in [5.74, 6) is -0.0754. The van der Waals surface area contributed by atoms with Crippen LogP contribution in [0.1, 0.15) is 30.9 Å². The van der Waals surface area contributed by atoms with E-state index >= 15 is 0 Å². The molecule has 0 bridgehead atoms. The smallest absolute Gasteiger partial charge is 0.396 e. The first-order valence-corrected chi connectivity index (χ1v) is 6.51. The lowest BCUT2D eigenvalue weighted by Gasteiger charge is -2.28. The van der Waals surface area contributed by atoms with Gasteiger partial charge in [-0.3, -0.25) is 5.32 Å². The van der Waals surface area contributed by atoms with Gasteiger partial charge in [-0.1, -0.05) is 36.8 Å². The third-order valence-electron chi connectivity index (χ3n) is 3.73. The Balaban J connectivity index is 2.16. The van der Waals surface area contributed by atoms with E-state index in [0.29, 0.717) is 6.42 Å². The van der Waals surface area contributed by atoms with Crippen LogP contribution in [-0.4, -0.2) is 23.9 Å². The second kappa shape index (κ2) is 5.92. The molecule has 19 heavy (non-hydrogen) atoms. The van der Waals surface area contributed by atoms with Crippen molar-refractivity contribution in [3.8, 4) is 0 Å². The Hall–Kier alpha value is -1.07. The van der Waals surface area contributed by atoms with Crippen molar-refractivity contribution >= 4 is 0 Å². The van der Waals surface area contributed by atoms with Crippen molar-refractivity contribution in [2.24, 2.45) is 5.92 Å². The van der Waals surface area contributed by atoms with Crippen LogP contribution in [0.3, 0.4) is 0 Å². The molecular formula is C14H18F3NO. The van der Waals surface area contributed by atoms with Crippen LogP contribution < -0.4 is 5.32 Å². The van der Waals surface area contributed by atoms with Gasteiger partial charge < -0.3 is 5.11 Å². The molecule has 3 unspecified atom stereocenters. The van der Waals surface area contributed by atoms with Crippen molar-refractivity contribution in [1.29, 1.82) is 0 Å². The fourth-order valence-corrected chi connectivity index (χ4v) is 2.71. The average Bonchev–Trinajstić information content (AvgIpc) is 2.83. The number of hydrogen-bond donors (Lipinski definition) is 2. The van der Waals surface area contributed by atoms with E-state index < -0.39 is 12.2 Å². The highest BCUT2D eigenvalue weighted by molar-refractivity contribution is 5.20. The average molecular weight is 273 g/mol. The van der Waals surface area contributed by atoms with Crippen LogP contribution in [0, 0.1) is 5.92 Å². The monoisotopic (exact) mass is 273 g/mol. The summed E-state index contributed by atoms with van der Waals surface area (Å²) in [6, 6.07) is 5.94. The highest BCUT2D eigenvalue weighted by Gasteiger charge is 2.43. The predicted molar refractivity (Wildman–Crippen MR) is 66.6 cm³/mol. The molecule has 0 amide bonds. The van der Waals surface area contributed by atoms with Crippen molar-refractivity contribution in [3.63, 3.8) is 0 Å². The first kappa shape index (κ1) is 14.3. The lowest BCUT2D eigenvalue weighted by Crippen LogP contribution is -2.43. The van der Waals surface area contributed by atoms with E-state index in [1.165, 1.54) is 12.1 Å². The van der Waals surface area contributed by atoms with E-state index in [0.717, 1.165) is 12.8 Å². The minimum atomic E-state index is -4.33. The van der Waals surface area contributed by atoms with E-state index in [4.69, 9.17) is 0 Å². The molecule has 2 rings (SSSR count). The Morgan fingerprint density at radius 3 is 2.47 bits per heavy atom. The SMILES string of the molecule is OCC1CCCC1NC(c1ccccc1)C(F)(F)F. The van der Waals surface area contributed by atoms with Crippen LogP contribution in [0.2, 0.25) is 0 Å². The largest absolute Gasteiger partial charge is 0.407 e. The van der Waals surface area contributed by atoms with Crippen LogP contribution in [0.15, 0.2) is 30.3 Å². The molecule has 0 radical (unpaired) electrons. The zero-order valence-corrected chi connectivity index (χ0v) is 10.5. The molecule has 2 nitrogen and oxygen atoms in total. The van der Waals surface area contributed by atoms with Gasteiger partial charge >= 0.3 is 6.18 Å². The Bertz CT molecular complexity index is 393. The summed E-state index contributed by atoms with van der Waals surface area (Å²) in [5.41, 5.74) is 0.221. The lowest BCUT2D eigenvalue weighted by atomic mass is 10.0. The molecule has 1 saturated carbocycles. The highest BCUT2D eigenvalue weighted by atomic mass is 19.4. The van der Waals surface area contributed by atoms with Crippen LogP contribution in [0.4, 0.5) is 13.2 Å². The van der Waals surface area contributed by atoms with Gasteiger partial charge in [-0.25, -0.2) is 0 Å². The van der Waals surface area contributed by atoms with Crippen molar-refractivity contribution in [2.75, 3.05) is 6.61 Å². The molecule has 3 atom stereocenters. The molecule has 1 aromatic carbocycles. The summed E-state index contributed by atoms with van der Waals surface area (Å²) in [7, 11) is 0. The molecule has 0 heterocycles. The van der Waals surface area contributed by atoms with Crippen molar-refractivity contribution in [1.82, 2.24) is 5.32 Å². The Morgan fingerprint density at radius 2 is 1.89 bits per heavy atom. The van der Waals surface area contributed by atoms with Crippen molar-refractivity contribution in [3.05, 3.63) is 35.9 Å². The highest BCUT2D eigenvalue weighted by Crippen LogP contribution is 2.36. The van der Waals surface area contributed by atoms with Crippen LogP contribution >= 0.6 is 0 Å². The van der Waals surface area contributed by atoms with Crippen molar-refractivity contribution < 1.29 is 18.3 Å². The minimum absolute atomic E-state index is 0.0585. The van der Waals surface area contributed by atoms with Gasteiger partial charge in [-0.05, 0) is 24.3 Å². The third kappa shape index (κ3) is 3.48. The van der Waals surface area contributed by atoms with Gasteiger partial charge in [-0.15, -0.1) is 0 Å². The fourth-order valence-electron chi connectivity index (χ4n) is 2.71. The molecule has 0 aliphatic heterocycles. The Morgan fingerprint density at radius 1 is 1.21 bits per heavy atom. The van der Waals surface area contributed by atoms with Gasteiger partial charge in [0.2, 0.25) is 0 Å². The summed E-state index contributed by atoms with van der Waals surface area (Å²) >= 11 is 0. The predicted octanol–water partition coefficient (Wildman–Crippen LogP) is 3.04. The zero-order valence-electron chi connectivity index (χ0n) is 10.5. The normalized spacial score (nSPS) is 25.5. The van der Waals surface area contributed by atoms with Gasteiger partial charge in [0.15, 0.2) is 0 Å². The summed E-state index contributed by atoms with van der Waals surface area (Å²) in [6.07, 6.45) is -2.00. The Kier molecular flexibility index (Phi) is 4.47. The first-order valence-electron chi connectivity index (χ1n) is 6.51. The number of hydrogen-bond acceptors (Lipinski definition) is 2. The summed E-state index contributed by atoms with van der Waals surface area (Å²) in [4.78, 5) is 0. The number of rotatable bonds is 4. The molecule has 1 aromatic rings. The third-order valence-corrected chi connectivity index (χ3v) is 3.73. The lowest BCUT2D eigenvalue weighted by molar-refractivity contribution is -0.160. The number of aliphatic hydroxyl groups is 1. The van der Waals surface area contributed by atoms with E-state index in [-0.39, 0.29) is 24.1 Å². The molecular weight excluding hydrogens is 255 g/mol. The quantitative estimate of drug-likeness (QED) is 0.883. The number of alkyl halides is 3. The molecule has 0 saturated heterocycles. The van der Waals surface area contributed by atoms with Gasteiger partial charge in [-0.2, -0.15) is 13.2 Å². The number of nitrogens with one attached hydrogen (secondary N) is 1.